The quantitative estimate of drug-likeness (QED) is 0.858. The van der Waals surface area contributed by atoms with Gasteiger partial charge in [-0.05, 0) is 24.1 Å². The average Bonchev–Trinajstić information content (AvgIpc) is 2.38. The van der Waals surface area contributed by atoms with Gasteiger partial charge in [-0.2, -0.15) is 0 Å². The monoisotopic (exact) mass is 294 g/mol. The van der Waals surface area contributed by atoms with E-state index in [1.807, 2.05) is 0 Å². The van der Waals surface area contributed by atoms with Crippen LogP contribution in [0.3, 0.4) is 0 Å². The molecule has 1 aromatic rings. The third kappa shape index (κ3) is 4.62. The summed E-state index contributed by atoms with van der Waals surface area (Å²) in [6, 6.07) is 8.53. The highest BCUT2D eigenvalue weighted by Crippen LogP contribution is 2.11. The van der Waals surface area contributed by atoms with Gasteiger partial charge in [-0.1, -0.05) is 40.2 Å². The van der Waals surface area contributed by atoms with Crippen molar-refractivity contribution in [2.45, 2.75) is 6.42 Å². The summed E-state index contributed by atoms with van der Waals surface area (Å²) in [5.41, 5.74) is 1.37. The lowest BCUT2D eigenvalue weighted by molar-refractivity contribution is 0.264. The van der Waals surface area contributed by atoms with Crippen molar-refractivity contribution in [2.24, 2.45) is 0 Å². The predicted molar refractivity (Wildman–Crippen MR) is 76.3 cm³/mol. The largest absolute Gasteiger partial charge is 0.314 e. The zero-order valence-electron chi connectivity index (χ0n) is 10.0. The summed E-state index contributed by atoms with van der Waals surface area (Å²) < 4.78 is 1.14. The van der Waals surface area contributed by atoms with Crippen LogP contribution in [0.4, 0.5) is 0 Å². The number of nitrogens with zero attached hydrogens (tertiary/aromatic N) is 1. The first-order valence-electron chi connectivity index (χ1n) is 6.17. The fourth-order valence-corrected chi connectivity index (χ4v) is 2.22. The maximum absolute atomic E-state index is 3.45. The molecule has 17 heavy (non-hydrogen) atoms. The van der Waals surface area contributed by atoms with Crippen LogP contribution >= 0.6 is 15.9 Å². The summed E-state index contributed by atoms with van der Waals surface area (Å²) in [5.74, 6) is 0. The molecule has 0 spiro atoms. The molecule has 2 rings (SSSR count). The van der Waals surface area contributed by atoms with Crippen LogP contribution in [0.1, 0.15) is 5.56 Å². The minimum Gasteiger partial charge on any atom is -0.314 e. The third-order valence-corrected chi connectivity index (χ3v) is 3.54. The molecule has 0 amide bonds. The van der Waals surface area contributed by atoms with Gasteiger partial charge < -0.3 is 5.32 Å². The van der Waals surface area contributed by atoms with Crippen molar-refractivity contribution in [3.63, 3.8) is 0 Å². The van der Waals surface area contributed by atoms with E-state index in [0.717, 1.165) is 30.5 Å². The second-order valence-corrected chi connectivity index (χ2v) is 5.27. The minimum absolute atomic E-state index is 1.03. The van der Waals surface area contributed by atoms with Gasteiger partial charge >= 0.3 is 0 Å². The van der Waals surface area contributed by atoms with Crippen LogP contribution < -0.4 is 5.32 Å². The second-order valence-electron chi connectivity index (χ2n) is 4.35. The Morgan fingerprint density at radius 3 is 2.53 bits per heavy atom. The Kier molecular flexibility index (Phi) is 5.23. The molecule has 0 unspecified atom stereocenters. The lowest BCUT2D eigenvalue weighted by atomic mass is 10.1. The Morgan fingerprint density at radius 2 is 1.82 bits per heavy atom. The summed E-state index contributed by atoms with van der Waals surface area (Å²) in [7, 11) is 0. The van der Waals surface area contributed by atoms with Crippen LogP contribution in [-0.2, 0) is 6.42 Å². The molecular formula is C14H19BrN2. The smallest absolute Gasteiger partial charge is 0.0175 e. The summed E-state index contributed by atoms with van der Waals surface area (Å²) >= 11 is 3.45. The first-order valence-corrected chi connectivity index (χ1v) is 6.96. The molecule has 92 valence electrons. The minimum atomic E-state index is 1.03. The molecule has 1 aliphatic heterocycles. The van der Waals surface area contributed by atoms with Gasteiger partial charge in [0.05, 0.1) is 0 Å². The van der Waals surface area contributed by atoms with Gasteiger partial charge in [0.1, 0.15) is 0 Å². The van der Waals surface area contributed by atoms with E-state index in [4.69, 9.17) is 0 Å². The number of allylic oxidation sites excluding steroid dienone is 1. The Morgan fingerprint density at radius 1 is 1.12 bits per heavy atom. The fraction of sp³-hybridized carbons (Fsp3) is 0.429. The summed E-state index contributed by atoms with van der Waals surface area (Å²) in [6.45, 7) is 5.67. The van der Waals surface area contributed by atoms with Gasteiger partial charge in [-0.3, -0.25) is 4.90 Å². The van der Waals surface area contributed by atoms with Crippen molar-refractivity contribution in [2.75, 3.05) is 32.7 Å². The number of nitrogens with one attached hydrogen (secondary N) is 1. The summed E-state index contributed by atoms with van der Waals surface area (Å²) in [5, 5.41) is 3.37. The molecule has 1 fully saturated rings. The molecule has 1 aliphatic rings. The van der Waals surface area contributed by atoms with Crippen LogP contribution in [0, 0.1) is 0 Å². The predicted octanol–water partition coefficient (Wildman–Crippen LogP) is 2.45. The summed E-state index contributed by atoms with van der Waals surface area (Å²) in [6.07, 6.45) is 5.58. The normalized spacial score (nSPS) is 17.7. The first kappa shape index (κ1) is 12.8. The van der Waals surface area contributed by atoms with E-state index >= 15 is 0 Å². The molecule has 0 aliphatic carbocycles. The molecule has 1 N–H and O–H groups in total. The van der Waals surface area contributed by atoms with Crippen LogP contribution in [0.25, 0.3) is 0 Å². The molecule has 2 nitrogen and oxygen atoms in total. The Balaban J connectivity index is 1.72. The number of halogens is 1. The first-order chi connectivity index (χ1) is 8.34. The maximum atomic E-state index is 3.45. The molecule has 1 saturated heterocycles. The van der Waals surface area contributed by atoms with Crippen molar-refractivity contribution >= 4 is 15.9 Å². The Bertz CT molecular complexity index is 353. The van der Waals surface area contributed by atoms with E-state index < -0.39 is 0 Å². The second kappa shape index (κ2) is 6.94. The van der Waals surface area contributed by atoms with Gasteiger partial charge in [0.2, 0.25) is 0 Å². The number of benzene rings is 1. The number of hydrogen-bond acceptors (Lipinski definition) is 2. The third-order valence-electron chi connectivity index (χ3n) is 3.01. The fourth-order valence-electron chi connectivity index (χ4n) is 1.96. The van der Waals surface area contributed by atoms with Crippen LogP contribution in [0.2, 0.25) is 0 Å². The highest BCUT2D eigenvalue weighted by Gasteiger charge is 2.06. The van der Waals surface area contributed by atoms with Crippen molar-refractivity contribution < 1.29 is 0 Å². The topological polar surface area (TPSA) is 15.3 Å². The average molecular weight is 295 g/mol. The number of hydrogen-bond donors (Lipinski definition) is 1. The zero-order valence-corrected chi connectivity index (χ0v) is 11.6. The standard InChI is InChI=1S/C14H19BrN2/c15-14-6-4-13(5-7-14)3-1-2-10-17-11-8-16-9-12-17/h1-2,4-7,16H,3,8-12H2/b2-1-. The lowest BCUT2D eigenvalue weighted by Crippen LogP contribution is -2.43. The van der Waals surface area contributed by atoms with Gasteiger partial charge in [0, 0.05) is 37.2 Å². The van der Waals surface area contributed by atoms with Crippen molar-refractivity contribution in [3.05, 3.63) is 46.5 Å². The van der Waals surface area contributed by atoms with E-state index in [9.17, 15) is 0 Å². The molecule has 0 saturated carbocycles. The van der Waals surface area contributed by atoms with E-state index in [1.165, 1.54) is 18.7 Å². The van der Waals surface area contributed by atoms with Gasteiger partial charge in [-0.15, -0.1) is 0 Å². The van der Waals surface area contributed by atoms with Gasteiger partial charge in [-0.25, -0.2) is 0 Å². The number of piperazine rings is 1. The molecular weight excluding hydrogens is 276 g/mol. The van der Waals surface area contributed by atoms with Crippen LogP contribution in [0.5, 0.6) is 0 Å². The molecule has 1 aromatic carbocycles. The Labute approximate surface area is 112 Å². The molecule has 0 bridgehead atoms. The molecule has 1 heterocycles. The maximum Gasteiger partial charge on any atom is 0.0175 e. The zero-order chi connectivity index (χ0) is 11.9. The van der Waals surface area contributed by atoms with Crippen LogP contribution in [0.15, 0.2) is 40.9 Å². The van der Waals surface area contributed by atoms with E-state index in [-0.39, 0.29) is 0 Å². The van der Waals surface area contributed by atoms with Crippen molar-refractivity contribution in [3.8, 4) is 0 Å². The van der Waals surface area contributed by atoms with Crippen LogP contribution in [-0.4, -0.2) is 37.6 Å². The Hall–Kier alpha value is -0.640. The van der Waals surface area contributed by atoms with E-state index in [2.05, 4.69) is 62.6 Å². The van der Waals surface area contributed by atoms with Crippen molar-refractivity contribution in [1.29, 1.82) is 0 Å². The molecule has 0 aromatic heterocycles. The lowest BCUT2D eigenvalue weighted by Gasteiger charge is -2.25. The molecule has 3 heteroatoms. The molecule has 0 radical (unpaired) electrons. The van der Waals surface area contributed by atoms with E-state index in [0.29, 0.717) is 0 Å². The van der Waals surface area contributed by atoms with Gasteiger partial charge in [0.25, 0.3) is 0 Å². The summed E-state index contributed by atoms with van der Waals surface area (Å²) in [4.78, 5) is 2.48. The highest BCUT2D eigenvalue weighted by atomic mass is 79.9. The molecule has 0 atom stereocenters. The number of rotatable bonds is 4. The SMILES string of the molecule is Brc1ccc(C/C=C\CN2CCNCC2)cc1. The van der Waals surface area contributed by atoms with E-state index in [1.54, 1.807) is 0 Å². The van der Waals surface area contributed by atoms with Crippen molar-refractivity contribution in [1.82, 2.24) is 10.2 Å². The highest BCUT2D eigenvalue weighted by molar-refractivity contribution is 9.10. The van der Waals surface area contributed by atoms with Gasteiger partial charge in [0.15, 0.2) is 0 Å².